The van der Waals surface area contributed by atoms with Crippen molar-refractivity contribution >= 4 is 28.6 Å². The van der Waals surface area contributed by atoms with Gasteiger partial charge in [0.2, 0.25) is 0 Å². The van der Waals surface area contributed by atoms with Crippen LogP contribution in [-0.4, -0.2) is 16.1 Å². The summed E-state index contributed by atoms with van der Waals surface area (Å²) in [7, 11) is 0. The maximum atomic E-state index is 11.5. The summed E-state index contributed by atoms with van der Waals surface area (Å²) in [5.74, 6) is -0.959. The van der Waals surface area contributed by atoms with E-state index in [9.17, 15) is 9.90 Å². The molecule has 1 aromatic heterocycles. The normalized spacial score (nSPS) is 10.9. The highest BCUT2D eigenvalue weighted by Crippen LogP contribution is 2.37. The number of hydrogen-bond acceptors (Lipinski definition) is 3. The summed E-state index contributed by atoms with van der Waals surface area (Å²) < 4.78 is 0. The molecule has 3 rings (SSSR count). The molecule has 4 nitrogen and oxygen atoms in total. The number of aromatic carboxylic acids is 1. The van der Waals surface area contributed by atoms with E-state index in [0.29, 0.717) is 6.54 Å². The minimum absolute atomic E-state index is 0.216. The average molecular weight is 298 g/mol. The first-order valence-electron chi connectivity index (χ1n) is 6.50. The number of H-pyrrole nitrogens is 1. The molecule has 5 heteroatoms. The first kappa shape index (κ1) is 13.7. The standard InChI is InChI=1S/C16H14N2O2S/c17-9-10-6-7-13-12(8-10)15(14(18-13)16(19)20)21-11-4-2-1-3-5-11/h1-8,18H,9,17H2,(H,19,20). The number of nitrogens with two attached hydrogens (primary N) is 1. The molecule has 0 saturated carbocycles. The molecule has 21 heavy (non-hydrogen) atoms. The van der Waals surface area contributed by atoms with Crippen molar-refractivity contribution in [2.45, 2.75) is 16.3 Å². The van der Waals surface area contributed by atoms with Crippen LogP contribution in [0.5, 0.6) is 0 Å². The summed E-state index contributed by atoms with van der Waals surface area (Å²) in [5.41, 5.74) is 7.68. The van der Waals surface area contributed by atoms with Crippen molar-refractivity contribution in [2.24, 2.45) is 5.73 Å². The topological polar surface area (TPSA) is 79.1 Å². The Morgan fingerprint density at radius 2 is 1.95 bits per heavy atom. The smallest absolute Gasteiger partial charge is 0.353 e. The fourth-order valence-electron chi connectivity index (χ4n) is 2.20. The van der Waals surface area contributed by atoms with Gasteiger partial charge in [-0.2, -0.15) is 0 Å². The van der Waals surface area contributed by atoms with E-state index >= 15 is 0 Å². The van der Waals surface area contributed by atoms with E-state index in [1.807, 2.05) is 48.5 Å². The number of rotatable bonds is 4. The molecular weight excluding hydrogens is 284 g/mol. The summed E-state index contributed by atoms with van der Waals surface area (Å²) in [6, 6.07) is 15.4. The first-order chi connectivity index (χ1) is 10.2. The van der Waals surface area contributed by atoms with Gasteiger partial charge < -0.3 is 15.8 Å². The third-order valence-corrected chi connectivity index (χ3v) is 4.36. The van der Waals surface area contributed by atoms with Crippen LogP contribution < -0.4 is 5.73 Å². The second kappa shape index (κ2) is 5.63. The van der Waals surface area contributed by atoms with Gasteiger partial charge in [-0.05, 0) is 29.8 Å². The van der Waals surface area contributed by atoms with E-state index in [0.717, 1.165) is 26.3 Å². The Bertz CT molecular complexity index is 797. The van der Waals surface area contributed by atoms with Gasteiger partial charge in [0.1, 0.15) is 5.69 Å². The number of carboxylic acids is 1. The largest absolute Gasteiger partial charge is 0.477 e. The average Bonchev–Trinajstić information content (AvgIpc) is 2.86. The lowest BCUT2D eigenvalue weighted by Crippen LogP contribution is -1.97. The highest BCUT2D eigenvalue weighted by molar-refractivity contribution is 7.99. The first-order valence-corrected chi connectivity index (χ1v) is 7.31. The number of aromatic amines is 1. The molecule has 0 fully saturated rings. The van der Waals surface area contributed by atoms with Crippen molar-refractivity contribution in [1.82, 2.24) is 4.98 Å². The van der Waals surface area contributed by atoms with Crippen molar-refractivity contribution in [3.8, 4) is 0 Å². The molecule has 0 aliphatic heterocycles. The van der Waals surface area contributed by atoms with Crippen molar-refractivity contribution in [2.75, 3.05) is 0 Å². The predicted molar refractivity (Wildman–Crippen MR) is 83.7 cm³/mol. The van der Waals surface area contributed by atoms with E-state index < -0.39 is 5.97 Å². The number of benzene rings is 2. The van der Waals surface area contributed by atoms with Crippen LogP contribution in [0, 0.1) is 0 Å². The second-order valence-electron chi connectivity index (χ2n) is 4.63. The van der Waals surface area contributed by atoms with Crippen LogP contribution in [0.1, 0.15) is 16.1 Å². The van der Waals surface area contributed by atoms with Crippen LogP contribution in [0.4, 0.5) is 0 Å². The van der Waals surface area contributed by atoms with Crippen LogP contribution in [0.25, 0.3) is 10.9 Å². The Hall–Kier alpha value is -2.24. The van der Waals surface area contributed by atoms with Crippen molar-refractivity contribution in [1.29, 1.82) is 0 Å². The monoisotopic (exact) mass is 298 g/mol. The fraction of sp³-hybridized carbons (Fsp3) is 0.0625. The van der Waals surface area contributed by atoms with Crippen LogP contribution in [0.3, 0.4) is 0 Å². The number of carbonyl (C=O) groups is 1. The second-order valence-corrected chi connectivity index (χ2v) is 5.72. The maximum absolute atomic E-state index is 11.5. The zero-order chi connectivity index (χ0) is 14.8. The molecule has 3 aromatic rings. The Morgan fingerprint density at radius 3 is 2.62 bits per heavy atom. The fourth-order valence-corrected chi connectivity index (χ4v) is 3.25. The van der Waals surface area contributed by atoms with E-state index in [2.05, 4.69) is 4.98 Å². The van der Waals surface area contributed by atoms with Crippen LogP contribution in [-0.2, 0) is 6.54 Å². The van der Waals surface area contributed by atoms with Gasteiger partial charge in [0.15, 0.2) is 0 Å². The molecule has 0 unspecified atom stereocenters. The Kier molecular flexibility index (Phi) is 3.68. The molecule has 0 amide bonds. The molecule has 0 atom stereocenters. The summed E-state index contributed by atoms with van der Waals surface area (Å²) in [4.78, 5) is 16.2. The number of carboxylic acid groups (broad SMARTS) is 1. The van der Waals surface area contributed by atoms with E-state index in [1.54, 1.807) is 0 Å². The lowest BCUT2D eigenvalue weighted by Gasteiger charge is -2.03. The molecule has 106 valence electrons. The Morgan fingerprint density at radius 1 is 1.19 bits per heavy atom. The van der Waals surface area contributed by atoms with Gasteiger partial charge in [-0.15, -0.1) is 0 Å². The lowest BCUT2D eigenvalue weighted by molar-refractivity contribution is 0.0688. The quantitative estimate of drug-likeness (QED) is 0.689. The van der Waals surface area contributed by atoms with Crippen LogP contribution in [0.2, 0.25) is 0 Å². The van der Waals surface area contributed by atoms with Gasteiger partial charge in [0.05, 0.1) is 4.90 Å². The van der Waals surface area contributed by atoms with Gasteiger partial charge in [-0.25, -0.2) is 4.79 Å². The van der Waals surface area contributed by atoms with Gasteiger partial charge in [0, 0.05) is 22.3 Å². The molecular formula is C16H14N2O2S. The SMILES string of the molecule is NCc1ccc2[nH]c(C(=O)O)c(Sc3ccccc3)c2c1. The van der Waals surface area contributed by atoms with Crippen LogP contribution >= 0.6 is 11.8 Å². The van der Waals surface area contributed by atoms with Crippen molar-refractivity contribution < 1.29 is 9.90 Å². The van der Waals surface area contributed by atoms with Crippen LogP contribution in [0.15, 0.2) is 58.3 Å². The zero-order valence-electron chi connectivity index (χ0n) is 11.2. The summed E-state index contributed by atoms with van der Waals surface area (Å²) in [6.07, 6.45) is 0. The summed E-state index contributed by atoms with van der Waals surface area (Å²) in [6.45, 7) is 0.430. The highest BCUT2D eigenvalue weighted by atomic mass is 32.2. The van der Waals surface area contributed by atoms with E-state index in [4.69, 9.17) is 5.73 Å². The highest BCUT2D eigenvalue weighted by Gasteiger charge is 2.18. The van der Waals surface area contributed by atoms with Gasteiger partial charge in [-0.3, -0.25) is 0 Å². The number of hydrogen-bond donors (Lipinski definition) is 3. The molecule has 0 radical (unpaired) electrons. The van der Waals surface area contributed by atoms with Gasteiger partial charge in [0.25, 0.3) is 0 Å². The van der Waals surface area contributed by atoms with E-state index in [1.165, 1.54) is 11.8 Å². The van der Waals surface area contributed by atoms with Crippen molar-refractivity contribution in [3.63, 3.8) is 0 Å². The molecule has 0 spiro atoms. The summed E-state index contributed by atoms with van der Waals surface area (Å²) in [5, 5.41) is 10.3. The minimum Gasteiger partial charge on any atom is -0.477 e. The van der Waals surface area contributed by atoms with Crippen molar-refractivity contribution in [3.05, 3.63) is 59.8 Å². The predicted octanol–water partition coefficient (Wildman–Crippen LogP) is 3.48. The third kappa shape index (κ3) is 2.66. The third-order valence-electron chi connectivity index (χ3n) is 3.23. The van der Waals surface area contributed by atoms with E-state index in [-0.39, 0.29) is 5.69 Å². The number of aromatic nitrogens is 1. The van der Waals surface area contributed by atoms with Gasteiger partial charge >= 0.3 is 5.97 Å². The summed E-state index contributed by atoms with van der Waals surface area (Å²) >= 11 is 1.44. The molecule has 0 aliphatic rings. The van der Waals surface area contributed by atoms with Gasteiger partial charge in [-0.1, -0.05) is 36.0 Å². The molecule has 0 saturated heterocycles. The Labute approximate surface area is 126 Å². The Balaban J connectivity index is 2.17. The minimum atomic E-state index is -0.959. The zero-order valence-corrected chi connectivity index (χ0v) is 12.0. The molecule has 4 N–H and O–H groups in total. The molecule has 0 bridgehead atoms. The number of nitrogens with one attached hydrogen (secondary N) is 1. The molecule has 1 heterocycles. The molecule has 2 aromatic carbocycles. The maximum Gasteiger partial charge on any atom is 0.353 e. The lowest BCUT2D eigenvalue weighted by atomic mass is 10.1. The molecule has 0 aliphatic carbocycles. The number of fused-ring (bicyclic) bond motifs is 1.